The van der Waals surface area contributed by atoms with E-state index >= 15 is 0 Å². The van der Waals surface area contributed by atoms with Gasteiger partial charge in [-0.2, -0.15) is 0 Å². The number of rotatable bonds is 5. The molecule has 0 fully saturated rings. The molecule has 1 rings (SSSR count). The van der Waals surface area contributed by atoms with Crippen LogP contribution in [0.5, 0.6) is 0 Å². The molecule has 0 spiro atoms. The molecule has 0 saturated carbocycles. The molecule has 0 aromatic heterocycles. The molecule has 0 bridgehead atoms. The summed E-state index contributed by atoms with van der Waals surface area (Å²) in [6.07, 6.45) is 0. The Morgan fingerprint density at radius 2 is 2.00 bits per heavy atom. The van der Waals surface area contributed by atoms with Gasteiger partial charge in [0, 0.05) is 0 Å². The number of hydrogen-bond acceptors (Lipinski definition) is 1. The first-order valence-corrected chi connectivity index (χ1v) is 6.35. The second-order valence-electron chi connectivity index (χ2n) is 2.18. The second-order valence-corrected chi connectivity index (χ2v) is 4.85. The van der Waals surface area contributed by atoms with Crippen LogP contribution in [0, 0.1) is 0 Å². The summed E-state index contributed by atoms with van der Waals surface area (Å²) in [4.78, 5) is 0. The van der Waals surface area contributed by atoms with Crippen molar-refractivity contribution in [1.29, 1.82) is 0 Å². The molecule has 0 heterocycles. The van der Waals surface area contributed by atoms with Crippen LogP contribution >= 0.6 is 11.6 Å². The van der Waals surface area contributed by atoms with Gasteiger partial charge in [-0.15, -0.1) is 0 Å². The maximum atomic E-state index is 5.37. The first kappa shape index (κ1) is 10.1. The van der Waals surface area contributed by atoms with E-state index in [0.717, 1.165) is 11.9 Å². The van der Waals surface area contributed by atoms with Gasteiger partial charge < -0.3 is 0 Å². The van der Waals surface area contributed by atoms with E-state index in [2.05, 4.69) is 24.3 Å². The van der Waals surface area contributed by atoms with E-state index < -0.39 is 0 Å². The van der Waals surface area contributed by atoms with Gasteiger partial charge in [0.2, 0.25) is 0 Å². The van der Waals surface area contributed by atoms with Crippen LogP contribution in [0.15, 0.2) is 30.3 Å². The van der Waals surface area contributed by atoms with Crippen molar-refractivity contribution < 1.29 is 4.74 Å². The minimum atomic E-state index is 0.310. The molecule has 1 nitrogen and oxygen atoms in total. The fraction of sp³-hybridized carbons (Fsp3) is 0.333. The van der Waals surface area contributed by atoms with Gasteiger partial charge in [0.05, 0.1) is 0 Å². The Balaban J connectivity index is 2.16. The van der Waals surface area contributed by atoms with Gasteiger partial charge in [-0.05, 0) is 0 Å². The Labute approximate surface area is 84.2 Å². The van der Waals surface area contributed by atoms with Crippen molar-refractivity contribution in [2.45, 2.75) is 5.32 Å². The first-order valence-electron chi connectivity index (χ1n) is 3.75. The Morgan fingerprint density at radius 1 is 1.25 bits per heavy atom. The average molecular weight is 250 g/mol. The summed E-state index contributed by atoms with van der Waals surface area (Å²) in [7, 11) is 0. The average Bonchev–Trinajstić information content (AvgIpc) is 2.14. The zero-order chi connectivity index (χ0) is 8.65. The predicted octanol–water partition coefficient (Wildman–Crippen LogP) is 1.65. The van der Waals surface area contributed by atoms with Crippen molar-refractivity contribution in [2.75, 3.05) is 12.7 Å². The summed E-state index contributed by atoms with van der Waals surface area (Å²) in [6.45, 7) is 0.776. The van der Waals surface area contributed by atoms with E-state index in [4.69, 9.17) is 16.3 Å². The predicted molar refractivity (Wildman–Crippen MR) is 53.3 cm³/mol. The molecule has 12 heavy (non-hydrogen) atoms. The fourth-order valence-electron chi connectivity index (χ4n) is 0.790. The van der Waals surface area contributed by atoms with Crippen molar-refractivity contribution in [3.8, 4) is 0 Å². The van der Waals surface area contributed by atoms with E-state index in [-0.39, 0.29) is 0 Å². The molecule has 0 saturated heterocycles. The third kappa shape index (κ3) is 4.12. The first-order chi connectivity index (χ1) is 5.93. The summed E-state index contributed by atoms with van der Waals surface area (Å²) in [5, 5.41) is 1.10. The molecule has 0 aliphatic heterocycles. The molecule has 3 heteroatoms. The van der Waals surface area contributed by atoms with Crippen LogP contribution in [0.4, 0.5) is 0 Å². The van der Waals surface area contributed by atoms with Crippen LogP contribution < -0.4 is 4.46 Å². The van der Waals surface area contributed by atoms with Crippen LogP contribution in [-0.2, 0) is 4.74 Å². The Kier molecular flexibility index (Phi) is 5.46. The topological polar surface area (TPSA) is 9.23 Å². The van der Waals surface area contributed by atoms with E-state index in [0.29, 0.717) is 21.0 Å². The molecule has 1 aromatic carbocycles. The van der Waals surface area contributed by atoms with Crippen molar-refractivity contribution in [1.82, 2.24) is 0 Å². The van der Waals surface area contributed by atoms with E-state index in [1.54, 1.807) is 0 Å². The summed E-state index contributed by atoms with van der Waals surface area (Å²) in [6, 6.07) is 10.8. The SMILES string of the molecule is ClCOCC[Se]c1ccccc1. The molecule has 0 unspecified atom stereocenters. The molecular weight excluding hydrogens is 239 g/mol. The van der Waals surface area contributed by atoms with Crippen LogP contribution in [-0.4, -0.2) is 27.6 Å². The summed E-state index contributed by atoms with van der Waals surface area (Å²) in [5.41, 5.74) is 0. The van der Waals surface area contributed by atoms with Crippen LogP contribution in [0.25, 0.3) is 0 Å². The van der Waals surface area contributed by atoms with Gasteiger partial charge in [-0.1, -0.05) is 0 Å². The molecule has 66 valence electrons. The molecule has 0 amide bonds. The molecule has 0 atom stereocenters. The summed E-state index contributed by atoms with van der Waals surface area (Å²) in [5.74, 6) is 0. The minimum absolute atomic E-state index is 0.310. The van der Waals surface area contributed by atoms with Crippen molar-refractivity contribution in [2.24, 2.45) is 0 Å². The number of ether oxygens (including phenoxy) is 1. The van der Waals surface area contributed by atoms with Crippen LogP contribution in [0.3, 0.4) is 0 Å². The molecule has 0 aliphatic carbocycles. The van der Waals surface area contributed by atoms with Crippen molar-refractivity contribution >= 4 is 31.0 Å². The van der Waals surface area contributed by atoms with Gasteiger partial charge in [0.1, 0.15) is 0 Å². The zero-order valence-electron chi connectivity index (χ0n) is 6.70. The Morgan fingerprint density at radius 3 is 2.67 bits per heavy atom. The van der Waals surface area contributed by atoms with Gasteiger partial charge in [0.25, 0.3) is 0 Å². The van der Waals surface area contributed by atoms with E-state index in [1.807, 2.05) is 6.07 Å². The van der Waals surface area contributed by atoms with Crippen molar-refractivity contribution in [3.63, 3.8) is 0 Å². The van der Waals surface area contributed by atoms with Gasteiger partial charge in [-0.25, -0.2) is 0 Å². The number of alkyl halides is 1. The number of benzene rings is 1. The normalized spacial score (nSPS) is 10.1. The molecule has 0 aliphatic rings. The molecular formula is C9H11ClOSe. The summed E-state index contributed by atoms with van der Waals surface area (Å²) >= 11 is 5.90. The van der Waals surface area contributed by atoms with E-state index in [9.17, 15) is 0 Å². The standard InChI is InChI=1S/C9H11ClOSe/c10-8-11-6-7-12-9-4-2-1-3-5-9/h1-5H,6-8H2. The molecule has 0 radical (unpaired) electrons. The number of hydrogen-bond donors (Lipinski definition) is 0. The van der Waals surface area contributed by atoms with Gasteiger partial charge in [-0.3, -0.25) is 0 Å². The van der Waals surface area contributed by atoms with E-state index in [1.165, 1.54) is 4.46 Å². The second kappa shape index (κ2) is 6.50. The fourth-order valence-corrected chi connectivity index (χ4v) is 2.55. The third-order valence-electron chi connectivity index (χ3n) is 1.32. The van der Waals surface area contributed by atoms with Gasteiger partial charge >= 0.3 is 84.1 Å². The quantitative estimate of drug-likeness (QED) is 0.438. The molecule has 1 aromatic rings. The number of halogens is 1. The molecule has 0 N–H and O–H groups in total. The monoisotopic (exact) mass is 250 g/mol. The van der Waals surface area contributed by atoms with Crippen LogP contribution in [0.1, 0.15) is 0 Å². The summed E-state index contributed by atoms with van der Waals surface area (Å²) < 4.78 is 6.46. The third-order valence-corrected chi connectivity index (χ3v) is 3.52. The zero-order valence-corrected chi connectivity index (χ0v) is 9.17. The van der Waals surface area contributed by atoms with Crippen LogP contribution in [0.2, 0.25) is 5.32 Å². The Hall–Kier alpha value is -0.0105. The van der Waals surface area contributed by atoms with Crippen molar-refractivity contribution in [3.05, 3.63) is 30.3 Å². The maximum absolute atomic E-state index is 5.37. The Bertz CT molecular complexity index is 203. The van der Waals surface area contributed by atoms with Gasteiger partial charge in [0.15, 0.2) is 0 Å².